The van der Waals surface area contributed by atoms with Crippen molar-refractivity contribution in [1.29, 1.82) is 0 Å². The lowest BCUT2D eigenvalue weighted by atomic mass is 10.1. The van der Waals surface area contributed by atoms with Crippen LogP contribution >= 0.6 is 39.0 Å². The third-order valence-electron chi connectivity index (χ3n) is 4.43. The molecule has 0 saturated heterocycles. The molecule has 1 amide bonds. The quantitative estimate of drug-likeness (QED) is 0.229. The Bertz CT molecular complexity index is 1280. The molecule has 0 aliphatic rings. The van der Waals surface area contributed by atoms with Crippen LogP contribution in [0.2, 0.25) is 0 Å². The molecule has 1 N–H and O–H groups in total. The minimum atomic E-state index is -0.489. The highest BCUT2D eigenvalue weighted by Gasteiger charge is 2.13. The van der Waals surface area contributed by atoms with E-state index < -0.39 is 18.5 Å². The zero-order valence-corrected chi connectivity index (χ0v) is 19.7. The highest BCUT2D eigenvalue weighted by Crippen LogP contribution is 2.34. The summed E-state index contributed by atoms with van der Waals surface area (Å²) < 4.78 is 19.0. The predicted molar refractivity (Wildman–Crippen MR) is 129 cm³/mol. The van der Waals surface area contributed by atoms with Crippen LogP contribution in [0.15, 0.2) is 75.4 Å². The van der Waals surface area contributed by atoms with Crippen molar-refractivity contribution in [3.63, 3.8) is 0 Å². The second-order valence-electron chi connectivity index (χ2n) is 6.64. The van der Waals surface area contributed by atoms with Crippen molar-refractivity contribution in [2.24, 2.45) is 0 Å². The topological polar surface area (TPSA) is 68.3 Å². The fraction of sp³-hybridized carbons (Fsp3) is 0.0870. The lowest BCUT2D eigenvalue weighted by Crippen LogP contribution is -2.21. The summed E-state index contributed by atoms with van der Waals surface area (Å²) in [4.78, 5) is 29.4. The standard InChI is InChI=1S/C23H16BrFN2O3S2/c24-22-17-4-2-1-3-14(17)7-10-19(22)31-13-21(29)30-11-20(28)27-23-26-18(12-32-23)15-5-8-16(25)9-6-15/h1-10,12H,11,13H2,(H,26,27,28). The van der Waals surface area contributed by atoms with Crippen molar-refractivity contribution < 1.29 is 18.7 Å². The lowest BCUT2D eigenvalue weighted by molar-refractivity contribution is -0.144. The minimum absolute atomic E-state index is 0.0796. The minimum Gasteiger partial charge on any atom is -0.455 e. The van der Waals surface area contributed by atoms with Crippen molar-refractivity contribution in [2.75, 3.05) is 17.7 Å². The van der Waals surface area contributed by atoms with Gasteiger partial charge in [-0.15, -0.1) is 23.1 Å². The molecule has 0 radical (unpaired) electrons. The van der Waals surface area contributed by atoms with Gasteiger partial charge in [0.2, 0.25) is 0 Å². The molecule has 0 saturated carbocycles. The Balaban J connectivity index is 1.26. The molecule has 4 aromatic rings. The average Bonchev–Trinajstić information content (AvgIpc) is 3.26. The Morgan fingerprint density at radius 3 is 2.69 bits per heavy atom. The number of hydrogen-bond acceptors (Lipinski definition) is 6. The van der Waals surface area contributed by atoms with Crippen molar-refractivity contribution in [3.8, 4) is 11.3 Å². The van der Waals surface area contributed by atoms with Crippen LogP contribution in [0.25, 0.3) is 22.0 Å². The number of esters is 1. The normalized spacial score (nSPS) is 10.8. The van der Waals surface area contributed by atoms with Gasteiger partial charge in [-0.25, -0.2) is 9.37 Å². The van der Waals surface area contributed by atoms with Gasteiger partial charge >= 0.3 is 5.97 Å². The number of benzene rings is 3. The second-order valence-corrected chi connectivity index (χ2v) is 9.31. The number of thioether (sulfide) groups is 1. The van der Waals surface area contributed by atoms with Crippen LogP contribution in [-0.4, -0.2) is 29.2 Å². The maximum absolute atomic E-state index is 13.0. The van der Waals surface area contributed by atoms with Crippen molar-refractivity contribution in [2.45, 2.75) is 4.90 Å². The zero-order chi connectivity index (χ0) is 22.5. The lowest BCUT2D eigenvalue weighted by Gasteiger charge is -2.08. The molecule has 1 aromatic heterocycles. The molecule has 9 heteroatoms. The molecule has 0 aliphatic heterocycles. The number of carbonyl (C=O) groups is 2. The number of halogens is 2. The molecule has 4 rings (SSSR count). The third-order valence-corrected chi connectivity index (χ3v) is 7.33. The zero-order valence-electron chi connectivity index (χ0n) is 16.5. The van der Waals surface area contributed by atoms with Gasteiger partial charge in [-0.3, -0.25) is 14.9 Å². The van der Waals surface area contributed by atoms with E-state index >= 15 is 0 Å². The maximum atomic E-state index is 13.0. The number of thiazole rings is 1. The Hall–Kier alpha value is -2.75. The molecule has 1 heterocycles. The highest BCUT2D eigenvalue weighted by atomic mass is 79.9. The molecule has 162 valence electrons. The second kappa shape index (κ2) is 10.2. The first kappa shape index (κ1) is 22.4. The first-order chi connectivity index (χ1) is 15.5. The summed E-state index contributed by atoms with van der Waals surface area (Å²) in [5, 5.41) is 6.90. The van der Waals surface area contributed by atoms with Crippen molar-refractivity contribution >= 4 is 66.8 Å². The number of fused-ring (bicyclic) bond motifs is 1. The van der Waals surface area contributed by atoms with Gasteiger partial charge in [0.1, 0.15) is 5.82 Å². The average molecular weight is 531 g/mol. The predicted octanol–water partition coefficient (Wildman–Crippen LogP) is 6.14. The molecule has 32 heavy (non-hydrogen) atoms. The van der Waals surface area contributed by atoms with Crippen LogP contribution in [0.3, 0.4) is 0 Å². The van der Waals surface area contributed by atoms with Gasteiger partial charge in [0.25, 0.3) is 5.91 Å². The Kier molecular flexibility index (Phi) is 7.19. The van der Waals surface area contributed by atoms with E-state index in [9.17, 15) is 14.0 Å². The van der Waals surface area contributed by atoms with Crippen LogP contribution < -0.4 is 5.32 Å². The van der Waals surface area contributed by atoms with E-state index in [2.05, 4.69) is 26.2 Å². The van der Waals surface area contributed by atoms with Gasteiger partial charge in [0.15, 0.2) is 11.7 Å². The van der Waals surface area contributed by atoms with E-state index in [0.29, 0.717) is 10.8 Å². The molecule has 0 aliphatic carbocycles. The molecule has 3 aromatic carbocycles. The molecule has 0 fully saturated rings. The number of amides is 1. The maximum Gasteiger partial charge on any atom is 0.316 e. The molecular formula is C23H16BrFN2O3S2. The van der Waals surface area contributed by atoms with Gasteiger partial charge in [0.05, 0.1) is 11.4 Å². The summed E-state index contributed by atoms with van der Waals surface area (Å²) in [6.45, 7) is -0.399. The number of rotatable bonds is 7. The van der Waals surface area contributed by atoms with Crippen molar-refractivity contribution in [3.05, 3.63) is 76.3 Å². The first-order valence-electron chi connectivity index (χ1n) is 9.46. The summed E-state index contributed by atoms with van der Waals surface area (Å²) >= 11 is 6.16. The van der Waals surface area contributed by atoms with E-state index in [4.69, 9.17) is 4.74 Å². The highest BCUT2D eigenvalue weighted by molar-refractivity contribution is 9.10. The summed E-state index contributed by atoms with van der Waals surface area (Å²) in [6, 6.07) is 17.8. The molecule has 5 nitrogen and oxygen atoms in total. The summed E-state index contributed by atoms with van der Waals surface area (Å²) in [5.41, 5.74) is 1.37. The van der Waals surface area contributed by atoms with Crippen LogP contribution in [0.4, 0.5) is 9.52 Å². The van der Waals surface area contributed by atoms with Gasteiger partial charge in [-0.05, 0) is 57.0 Å². The van der Waals surface area contributed by atoms with Crippen molar-refractivity contribution in [1.82, 2.24) is 4.98 Å². The molecular weight excluding hydrogens is 515 g/mol. The molecule has 0 unspecified atom stereocenters. The summed E-state index contributed by atoms with van der Waals surface area (Å²) in [7, 11) is 0. The van der Waals surface area contributed by atoms with Gasteiger partial charge in [0, 0.05) is 20.3 Å². The Morgan fingerprint density at radius 2 is 1.88 bits per heavy atom. The van der Waals surface area contributed by atoms with E-state index in [1.807, 2.05) is 36.4 Å². The number of aromatic nitrogens is 1. The number of carbonyl (C=O) groups excluding carboxylic acids is 2. The van der Waals surface area contributed by atoms with E-state index in [-0.39, 0.29) is 11.6 Å². The van der Waals surface area contributed by atoms with Crippen LogP contribution in [-0.2, 0) is 14.3 Å². The summed E-state index contributed by atoms with van der Waals surface area (Å²) in [5.74, 6) is -1.21. The Labute approximate surface area is 200 Å². The monoisotopic (exact) mass is 530 g/mol. The third kappa shape index (κ3) is 5.53. The number of anilines is 1. The first-order valence-corrected chi connectivity index (χ1v) is 12.1. The van der Waals surface area contributed by atoms with E-state index in [1.165, 1.54) is 35.2 Å². The molecule has 0 bridgehead atoms. The largest absolute Gasteiger partial charge is 0.455 e. The number of ether oxygens (including phenoxy) is 1. The van der Waals surface area contributed by atoms with Gasteiger partial charge in [-0.1, -0.05) is 30.3 Å². The van der Waals surface area contributed by atoms with E-state index in [1.54, 1.807) is 17.5 Å². The molecule has 0 spiro atoms. The Morgan fingerprint density at radius 1 is 1.09 bits per heavy atom. The summed E-state index contributed by atoms with van der Waals surface area (Å²) in [6.07, 6.45) is 0. The van der Waals surface area contributed by atoms with Crippen LogP contribution in [0, 0.1) is 5.82 Å². The van der Waals surface area contributed by atoms with Crippen LogP contribution in [0.5, 0.6) is 0 Å². The van der Waals surface area contributed by atoms with Gasteiger partial charge in [-0.2, -0.15) is 0 Å². The fourth-order valence-corrected chi connectivity index (χ4v) is 5.22. The van der Waals surface area contributed by atoms with Crippen LogP contribution in [0.1, 0.15) is 0 Å². The van der Waals surface area contributed by atoms with E-state index in [0.717, 1.165) is 25.7 Å². The number of nitrogens with one attached hydrogen (secondary N) is 1. The number of hydrogen-bond donors (Lipinski definition) is 1. The fourth-order valence-electron chi connectivity index (χ4n) is 2.89. The number of nitrogens with zero attached hydrogens (tertiary/aromatic N) is 1. The SMILES string of the molecule is O=C(COC(=O)CSc1ccc2ccccc2c1Br)Nc1nc(-c2ccc(F)cc2)cs1. The smallest absolute Gasteiger partial charge is 0.316 e. The molecule has 0 atom stereocenters. The van der Waals surface area contributed by atoms with Gasteiger partial charge < -0.3 is 4.74 Å².